The molecule has 0 radical (unpaired) electrons. The van der Waals surface area contributed by atoms with Crippen LogP contribution in [0.2, 0.25) is 0 Å². The molecule has 0 aliphatic carbocycles. The molecule has 7 rings (SSSR count). The third-order valence-corrected chi connectivity index (χ3v) is 8.18. The average Bonchev–Trinajstić information content (AvgIpc) is 3.13. The highest BCUT2D eigenvalue weighted by molar-refractivity contribution is 6.01. The summed E-state index contributed by atoms with van der Waals surface area (Å²) >= 11 is 0. The molecule has 2 N–H and O–H groups in total. The molecule has 0 saturated heterocycles. The number of halogens is 1. The van der Waals surface area contributed by atoms with Gasteiger partial charge in [-0.2, -0.15) is 9.78 Å². The number of methoxy groups -OCH3 is 1. The Morgan fingerprint density at radius 3 is 2.29 bits per heavy atom. The van der Waals surface area contributed by atoms with E-state index in [0.29, 0.717) is 62.6 Å². The highest BCUT2D eigenvalue weighted by atomic mass is 35.5. The number of ether oxygens (including phenoxy) is 2. The molecule has 3 heterocycles. The quantitative estimate of drug-likeness (QED) is 0.177. The summed E-state index contributed by atoms with van der Waals surface area (Å²) in [6.07, 6.45) is 4.99. The van der Waals surface area contributed by atoms with Gasteiger partial charge in [-0.25, -0.2) is 4.98 Å². The maximum Gasteiger partial charge on any atom is 0.280 e. The third-order valence-electron chi connectivity index (χ3n) is 8.18. The van der Waals surface area contributed by atoms with Crippen LogP contribution in [0.1, 0.15) is 16.7 Å². The second-order valence-corrected chi connectivity index (χ2v) is 11.0. The van der Waals surface area contributed by atoms with Crippen LogP contribution in [0.15, 0.2) is 120 Å². The van der Waals surface area contributed by atoms with Crippen molar-refractivity contribution >= 4 is 34.0 Å². The molecule has 0 aliphatic heterocycles. The van der Waals surface area contributed by atoms with Crippen LogP contribution in [-0.2, 0) is 19.8 Å². The van der Waals surface area contributed by atoms with Crippen molar-refractivity contribution in [3.63, 3.8) is 0 Å². The SMILES string of the molecule is COc1cc2c(-c3ccnc(-n4nc(-c5cccnc5)c5ccccc5c4=O)c3)c(CO)c(CO)cc2cc1OCc1ccccc1.Cl. The van der Waals surface area contributed by atoms with Gasteiger partial charge in [0, 0.05) is 29.5 Å². The zero-order chi connectivity index (χ0) is 32.3. The Labute approximate surface area is 282 Å². The van der Waals surface area contributed by atoms with Crippen molar-refractivity contribution in [2.45, 2.75) is 19.8 Å². The number of aliphatic hydroxyl groups is 2. The number of hydrogen-bond donors (Lipinski definition) is 2. The highest BCUT2D eigenvalue weighted by Crippen LogP contribution is 2.41. The average molecular weight is 659 g/mol. The Balaban J connectivity index is 0.00000401. The molecule has 10 heteroatoms. The number of aromatic nitrogens is 4. The minimum absolute atomic E-state index is 0. The Morgan fingerprint density at radius 1 is 0.771 bits per heavy atom. The largest absolute Gasteiger partial charge is 0.493 e. The predicted molar refractivity (Wildman–Crippen MR) is 188 cm³/mol. The second-order valence-electron chi connectivity index (χ2n) is 11.0. The maximum atomic E-state index is 13.8. The minimum atomic E-state index is -0.327. The van der Waals surface area contributed by atoms with E-state index in [9.17, 15) is 15.0 Å². The molecule has 0 atom stereocenters. The zero-order valence-electron chi connectivity index (χ0n) is 25.9. The molecule has 48 heavy (non-hydrogen) atoms. The normalized spacial score (nSPS) is 11.0. The summed E-state index contributed by atoms with van der Waals surface area (Å²) < 4.78 is 13.2. The Morgan fingerprint density at radius 2 is 1.56 bits per heavy atom. The van der Waals surface area contributed by atoms with Gasteiger partial charge in [0.05, 0.1) is 25.7 Å². The first-order chi connectivity index (χ1) is 23.1. The molecule has 0 spiro atoms. The van der Waals surface area contributed by atoms with Crippen LogP contribution < -0.4 is 15.0 Å². The number of hydrogen-bond acceptors (Lipinski definition) is 8. The highest BCUT2D eigenvalue weighted by Gasteiger charge is 2.20. The van der Waals surface area contributed by atoms with Crippen LogP contribution in [0.25, 0.3) is 49.7 Å². The molecule has 0 fully saturated rings. The molecule has 3 aromatic heterocycles. The number of benzene rings is 4. The number of nitrogens with zero attached hydrogens (tertiary/aromatic N) is 4. The molecular formula is C38H31ClN4O5. The van der Waals surface area contributed by atoms with Crippen molar-refractivity contribution in [3.8, 4) is 39.7 Å². The van der Waals surface area contributed by atoms with Crippen LogP contribution in [0, 0.1) is 0 Å². The molecule has 7 aromatic rings. The van der Waals surface area contributed by atoms with E-state index in [1.165, 1.54) is 4.68 Å². The van der Waals surface area contributed by atoms with Crippen molar-refractivity contribution < 1.29 is 19.7 Å². The summed E-state index contributed by atoms with van der Waals surface area (Å²) in [5, 5.41) is 28.5. The van der Waals surface area contributed by atoms with Crippen molar-refractivity contribution in [1.82, 2.24) is 19.7 Å². The topological polar surface area (TPSA) is 120 Å². The van der Waals surface area contributed by atoms with Gasteiger partial charge in [-0.1, -0.05) is 48.5 Å². The van der Waals surface area contributed by atoms with E-state index in [0.717, 1.165) is 21.9 Å². The van der Waals surface area contributed by atoms with Crippen LogP contribution in [0.5, 0.6) is 11.5 Å². The first-order valence-corrected chi connectivity index (χ1v) is 15.0. The van der Waals surface area contributed by atoms with E-state index in [-0.39, 0.29) is 31.2 Å². The van der Waals surface area contributed by atoms with Crippen molar-refractivity contribution in [2.24, 2.45) is 0 Å². The van der Waals surface area contributed by atoms with E-state index < -0.39 is 0 Å². The second kappa shape index (κ2) is 14.0. The number of aliphatic hydroxyl groups excluding tert-OH is 2. The lowest BCUT2D eigenvalue weighted by atomic mass is 9.90. The Kier molecular flexibility index (Phi) is 9.45. The summed E-state index contributed by atoms with van der Waals surface area (Å²) in [6.45, 7) is -0.269. The number of fused-ring (bicyclic) bond motifs is 2. The van der Waals surface area contributed by atoms with Crippen LogP contribution in [-0.4, -0.2) is 37.1 Å². The molecule has 0 bridgehead atoms. The van der Waals surface area contributed by atoms with Gasteiger partial charge in [-0.15, -0.1) is 12.4 Å². The van der Waals surface area contributed by atoms with E-state index in [1.54, 1.807) is 43.9 Å². The molecule has 9 nitrogen and oxygen atoms in total. The van der Waals surface area contributed by atoms with Crippen molar-refractivity contribution in [2.75, 3.05) is 7.11 Å². The third kappa shape index (κ3) is 5.98. The number of rotatable bonds is 9. The van der Waals surface area contributed by atoms with Gasteiger partial charge in [0.1, 0.15) is 12.3 Å². The summed E-state index contributed by atoms with van der Waals surface area (Å²) in [6, 6.07) is 30.0. The standard InChI is InChI=1S/C38H30N4O5.ClH/c1-46-33-19-31-27(17-34(33)47-23-24-8-3-2-4-9-24)16-28(21-43)32(22-44)36(31)25-13-15-40-35(18-25)42-38(45)30-12-6-5-11-29(30)37(41-42)26-10-7-14-39-20-26;/h2-20,43-44H,21-23H2,1H3;1H. The summed E-state index contributed by atoms with van der Waals surface area (Å²) in [7, 11) is 1.58. The lowest BCUT2D eigenvalue weighted by molar-refractivity contribution is 0.260. The summed E-state index contributed by atoms with van der Waals surface area (Å²) in [4.78, 5) is 22.6. The van der Waals surface area contributed by atoms with Gasteiger partial charge in [-0.05, 0) is 87.1 Å². The minimum Gasteiger partial charge on any atom is -0.493 e. The molecule has 240 valence electrons. The van der Waals surface area contributed by atoms with Crippen molar-refractivity contribution in [1.29, 1.82) is 0 Å². The first kappa shape index (κ1) is 32.3. The molecular weight excluding hydrogens is 628 g/mol. The van der Waals surface area contributed by atoms with Gasteiger partial charge in [0.25, 0.3) is 5.56 Å². The summed E-state index contributed by atoms with van der Waals surface area (Å²) in [5.41, 5.74) is 4.49. The molecule has 0 unspecified atom stereocenters. The lowest BCUT2D eigenvalue weighted by Crippen LogP contribution is -2.23. The Bertz CT molecular complexity index is 2300. The molecule has 4 aromatic carbocycles. The van der Waals surface area contributed by atoms with E-state index in [4.69, 9.17) is 14.6 Å². The van der Waals surface area contributed by atoms with Gasteiger partial charge in [0.15, 0.2) is 17.3 Å². The molecule has 0 amide bonds. The fourth-order valence-corrected chi connectivity index (χ4v) is 5.92. The number of pyridine rings is 2. The van der Waals surface area contributed by atoms with E-state index >= 15 is 0 Å². The molecule has 0 aliphatic rings. The summed E-state index contributed by atoms with van der Waals surface area (Å²) in [5.74, 6) is 1.35. The molecule has 0 saturated carbocycles. The first-order valence-electron chi connectivity index (χ1n) is 15.0. The lowest BCUT2D eigenvalue weighted by Gasteiger charge is -2.19. The van der Waals surface area contributed by atoms with Crippen LogP contribution in [0.3, 0.4) is 0 Å². The van der Waals surface area contributed by atoms with Gasteiger partial charge >= 0.3 is 0 Å². The van der Waals surface area contributed by atoms with Crippen molar-refractivity contribution in [3.05, 3.63) is 143 Å². The Hall–Kier alpha value is -5.61. The van der Waals surface area contributed by atoms with Crippen LogP contribution >= 0.6 is 12.4 Å². The maximum absolute atomic E-state index is 13.8. The fourth-order valence-electron chi connectivity index (χ4n) is 5.92. The van der Waals surface area contributed by atoms with E-state index in [1.807, 2.05) is 78.9 Å². The monoisotopic (exact) mass is 658 g/mol. The van der Waals surface area contributed by atoms with Crippen LogP contribution in [0.4, 0.5) is 0 Å². The smallest absolute Gasteiger partial charge is 0.280 e. The van der Waals surface area contributed by atoms with E-state index in [2.05, 4.69) is 9.97 Å². The predicted octanol–water partition coefficient (Wildman–Crippen LogP) is 6.66. The fraction of sp³-hybridized carbons (Fsp3) is 0.105. The van der Waals surface area contributed by atoms with Gasteiger partial charge in [-0.3, -0.25) is 9.78 Å². The van der Waals surface area contributed by atoms with Gasteiger partial charge < -0.3 is 19.7 Å². The zero-order valence-corrected chi connectivity index (χ0v) is 26.7. The van der Waals surface area contributed by atoms with Gasteiger partial charge in [0.2, 0.25) is 0 Å².